The van der Waals surface area contributed by atoms with Crippen LogP contribution in [0.4, 0.5) is 5.69 Å². The van der Waals surface area contributed by atoms with Crippen molar-refractivity contribution < 1.29 is 24.1 Å². The predicted octanol–water partition coefficient (Wildman–Crippen LogP) is 6.02. The molecule has 4 aromatic rings. The van der Waals surface area contributed by atoms with Crippen LogP contribution in [-0.4, -0.2) is 32.1 Å². The first-order valence-corrected chi connectivity index (χ1v) is 13.1. The smallest absolute Gasteiger partial charge is 0.231 e. The van der Waals surface area contributed by atoms with Crippen LogP contribution in [0.1, 0.15) is 35.1 Å². The van der Waals surface area contributed by atoms with Gasteiger partial charge in [0.25, 0.3) is 0 Å². The molecule has 0 aliphatic carbocycles. The van der Waals surface area contributed by atoms with E-state index >= 15 is 0 Å². The van der Waals surface area contributed by atoms with Gasteiger partial charge in [-0.1, -0.05) is 48.5 Å². The van der Waals surface area contributed by atoms with E-state index in [0.29, 0.717) is 23.0 Å². The fourth-order valence-electron chi connectivity index (χ4n) is 5.98. The number of anilines is 1. The van der Waals surface area contributed by atoms with Gasteiger partial charge in [-0.2, -0.15) is 0 Å². The molecule has 0 bridgehead atoms. The fraction of sp³-hybridized carbons (Fsp3) is 0.250. The van der Waals surface area contributed by atoms with Crippen molar-refractivity contribution in [2.45, 2.75) is 25.0 Å². The number of rotatable bonds is 5. The van der Waals surface area contributed by atoms with Gasteiger partial charge in [0.15, 0.2) is 17.1 Å². The second kappa shape index (κ2) is 8.99. The maximum atomic E-state index is 10.3. The normalized spacial score (nSPS) is 19.5. The first kappa shape index (κ1) is 23.0. The summed E-state index contributed by atoms with van der Waals surface area (Å²) < 4.78 is 24.3. The van der Waals surface area contributed by atoms with Gasteiger partial charge in [0.2, 0.25) is 12.5 Å². The lowest BCUT2D eigenvalue weighted by Gasteiger charge is -2.37. The number of aliphatic hydroxyl groups excluding tert-OH is 1. The van der Waals surface area contributed by atoms with Gasteiger partial charge in [-0.05, 0) is 48.7 Å². The Hall–Kier alpha value is -4.16. The summed E-state index contributed by atoms with van der Waals surface area (Å²) >= 11 is 0. The maximum Gasteiger partial charge on any atom is 0.231 e. The van der Waals surface area contributed by atoms with Crippen molar-refractivity contribution in [1.82, 2.24) is 0 Å². The minimum absolute atomic E-state index is 0.133. The zero-order valence-corrected chi connectivity index (χ0v) is 21.3. The van der Waals surface area contributed by atoms with Gasteiger partial charge in [0, 0.05) is 46.2 Å². The van der Waals surface area contributed by atoms with Crippen LogP contribution >= 0.6 is 0 Å². The number of hydrogen-bond donors (Lipinski definition) is 1. The Labute approximate surface area is 221 Å². The number of methoxy groups -OCH3 is 1. The van der Waals surface area contributed by atoms with E-state index in [1.165, 1.54) is 18.5 Å². The molecule has 6 heteroatoms. The number of ether oxygens (including phenoxy) is 4. The first-order valence-electron chi connectivity index (χ1n) is 13.1. The molecule has 192 valence electrons. The van der Waals surface area contributed by atoms with Crippen molar-refractivity contribution in [2.75, 3.05) is 31.9 Å². The minimum Gasteiger partial charge on any atom is -0.492 e. The molecule has 38 heavy (non-hydrogen) atoms. The topological polar surface area (TPSA) is 60.4 Å². The third kappa shape index (κ3) is 3.44. The number of nitrogens with zero attached hydrogens (tertiary/aromatic N) is 1. The van der Waals surface area contributed by atoms with Crippen LogP contribution in [0.15, 0.2) is 72.8 Å². The zero-order valence-electron chi connectivity index (χ0n) is 21.3. The van der Waals surface area contributed by atoms with Gasteiger partial charge in [0.1, 0.15) is 5.75 Å². The van der Waals surface area contributed by atoms with Gasteiger partial charge in [-0.15, -0.1) is 0 Å². The molecule has 7 rings (SSSR count). The van der Waals surface area contributed by atoms with Gasteiger partial charge in [-0.3, -0.25) is 0 Å². The van der Waals surface area contributed by atoms with Gasteiger partial charge >= 0.3 is 0 Å². The molecule has 1 fully saturated rings. The highest BCUT2D eigenvalue weighted by molar-refractivity contribution is 6.01. The third-order valence-electron chi connectivity index (χ3n) is 7.90. The van der Waals surface area contributed by atoms with E-state index in [2.05, 4.69) is 53.5 Å². The monoisotopic (exact) mass is 507 g/mol. The SMILES string of the molecule is COc1c2c(cc3c4c(c(CO)cc13)C=CC(c1ccccc1)(c1ccc(N3CCCC3)cc1)O4)OCO2. The highest BCUT2D eigenvalue weighted by Crippen LogP contribution is 2.53. The molecule has 0 spiro atoms. The largest absolute Gasteiger partial charge is 0.492 e. The van der Waals surface area contributed by atoms with Crippen molar-refractivity contribution >= 4 is 22.5 Å². The van der Waals surface area contributed by atoms with Crippen LogP contribution in [0.2, 0.25) is 0 Å². The summed E-state index contributed by atoms with van der Waals surface area (Å²) in [6.07, 6.45) is 6.65. The molecule has 1 atom stereocenters. The lowest BCUT2D eigenvalue weighted by atomic mass is 9.82. The summed E-state index contributed by atoms with van der Waals surface area (Å²) in [5.74, 6) is 2.44. The van der Waals surface area contributed by atoms with Crippen molar-refractivity contribution in [2.24, 2.45) is 0 Å². The number of hydrogen-bond acceptors (Lipinski definition) is 6. The fourth-order valence-corrected chi connectivity index (χ4v) is 5.98. The number of fused-ring (bicyclic) bond motifs is 4. The van der Waals surface area contributed by atoms with E-state index in [9.17, 15) is 5.11 Å². The number of aliphatic hydroxyl groups is 1. The Morgan fingerprint density at radius 1 is 0.895 bits per heavy atom. The molecule has 1 unspecified atom stereocenters. The van der Waals surface area contributed by atoms with Gasteiger partial charge in [-0.25, -0.2) is 0 Å². The van der Waals surface area contributed by atoms with Crippen molar-refractivity contribution in [3.05, 3.63) is 95.1 Å². The summed E-state index contributed by atoms with van der Waals surface area (Å²) in [6.45, 7) is 2.20. The average molecular weight is 508 g/mol. The van der Waals surface area contributed by atoms with E-state index in [0.717, 1.165) is 46.1 Å². The minimum atomic E-state index is -0.859. The van der Waals surface area contributed by atoms with Crippen molar-refractivity contribution in [3.8, 4) is 23.0 Å². The Morgan fingerprint density at radius 3 is 2.39 bits per heavy atom. The molecule has 1 saturated heterocycles. The van der Waals surface area contributed by atoms with Crippen LogP contribution in [0, 0.1) is 0 Å². The Morgan fingerprint density at radius 2 is 1.66 bits per heavy atom. The average Bonchev–Trinajstić information content (AvgIpc) is 3.69. The zero-order chi connectivity index (χ0) is 25.7. The summed E-state index contributed by atoms with van der Waals surface area (Å²) in [5, 5.41) is 12.0. The van der Waals surface area contributed by atoms with E-state index in [4.69, 9.17) is 18.9 Å². The number of benzene rings is 4. The van der Waals surface area contributed by atoms with Crippen LogP contribution < -0.4 is 23.8 Å². The molecular weight excluding hydrogens is 478 g/mol. The molecule has 1 N–H and O–H groups in total. The first-order chi connectivity index (χ1) is 18.7. The highest BCUT2D eigenvalue weighted by Gasteiger charge is 2.39. The van der Waals surface area contributed by atoms with Crippen molar-refractivity contribution in [1.29, 1.82) is 0 Å². The standard InChI is InChI=1S/C32H29NO5/c1-35-30-26-17-21(19-34)25-13-14-32(22-7-3-2-4-8-22,23-9-11-24(12-10-23)33-15-5-6-16-33)38-29(25)27(26)18-28-31(30)37-20-36-28/h2-4,7-14,17-18,34H,5-6,15-16,19-20H2,1H3. The van der Waals surface area contributed by atoms with E-state index < -0.39 is 5.60 Å². The van der Waals surface area contributed by atoms with E-state index in [-0.39, 0.29) is 13.4 Å². The van der Waals surface area contributed by atoms with Crippen LogP contribution in [0.3, 0.4) is 0 Å². The van der Waals surface area contributed by atoms with Crippen LogP contribution in [0.25, 0.3) is 16.8 Å². The van der Waals surface area contributed by atoms with E-state index in [1.54, 1.807) is 7.11 Å². The molecule has 4 aromatic carbocycles. The molecule has 3 aliphatic heterocycles. The predicted molar refractivity (Wildman–Crippen MR) is 147 cm³/mol. The van der Waals surface area contributed by atoms with Crippen molar-refractivity contribution in [3.63, 3.8) is 0 Å². The summed E-state index contributed by atoms with van der Waals surface area (Å²) in [6, 6.07) is 22.9. The quantitative estimate of drug-likeness (QED) is 0.357. The van der Waals surface area contributed by atoms with Gasteiger partial charge in [0.05, 0.1) is 13.7 Å². The van der Waals surface area contributed by atoms with Crippen LogP contribution in [0.5, 0.6) is 23.0 Å². The van der Waals surface area contributed by atoms with E-state index in [1.807, 2.05) is 30.3 Å². The highest BCUT2D eigenvalue weighted by atomic mass is 16.7. The lowest BCUT2D eigenvalue weighted by molar-refractivity contribution is 0.162. The van der Waals surface area contributed by atoms with Gasteiger partial charge < -0.3 is 29.0 Å². The Balaban J connectivity index is 1.44. The summed E-state index contributed by atoms with van der Waals surface area (Å²) in [4.78, 5) is 2.43. The molecule has 0 saturated carbocycles. The molecule has 0 aromatic heterocycles. The summed E-state index contributed by atoms with van der Waals surface area (Å²) in [7, 11) is 1.62. The third-order valence-corrected chi connectivity index (χ3v) is 7.90. The maximum absolute atomic E-state index is 10.3. The molecule has 3 heterocycles. The second-order valence-corrected chi connectivity index (χ2v) is 9.95. The Bertz CT molecular complexity index is 1540. The molecule has 0 radical (unpaired) electrons. The molecule has 0 amide bonds. The molecular formula is C32H29NO5. The molecule has 6 nitrogen and oxygen atoms in total. The molecule has 3 aliphatic rings. The lowest BCUT2D eigenvalue weighted by Crippen LogP contribution is -2.34. The Kier molecular flexibility index (Phi) is 5.44. The summed E-state index contributed by atoms with van der Waals surface area (Å²) in [5.41, 5.74) is 4.03. The van der Waals surface area contributed by atoms with Crippen LogP contribution in [-0.2, 0) is 12.2 Å². The second-order valence-electron chi connectivity index (χ2n) is 9.95.